The van der Waals surface area contributed by atoms with E-state index < -0.39 is 0 Å². The van der Waals surface area contributed by atoms with Crippen molar-refractivity contribution in [2.45, 2.75) is 12.5 Å². The lowest BCUT2D eigenvalue weighted by atomic mass is 10.1. The summed E-state index contributed by atoms with van der Waals surface area (Å²) in [5.41, 5.74) is 0. The minimum atomic E-state index is 0.498. The van der Waals surface area contributed by atoms with E-state index in [1.165, 1.54) is 13.0 Å². The molecule has 76 valence electrons. The summed E-state index contributed by atoms with van der Waals surface area (Å²) in [7, 11) is 2.11. The predicted molar refractivity (Wildman–Crippen MR) is 55.8 cm³/mol. The Kier molecular flexibility index (Phi) is 2.89. The number of hydrogen-bond donors (Lipinski definition) is 0. The molecule has 1 saturated heterocycles. The molecule has 0 bridgehead atoms. The van der Waals surface area contributed by atoms with Crippen molar-refractivity contribution in [2.75, 3.05) is 20.2 Å². The molecule has 2 heterocycles. The van der Waals surface area contributed by atoms with E-state index in [2.05, 4.69) is 16.9 Å². The van der Waals surface area contributed by atoms with Crippen molar-refractivity contribution in [3.8, 4) is 5.75 Å². The van der Waals surface area contributed by atoms with Crippen LogP contribution >= 0.6 is 11.6 Å². The number of nitrogens with zero attached hydrogens (tertiary/aromatic N) is 2. The largest absolute Gasteiger partial charge is 0.490 e. The zero-order valence-corrected chi connectivity index (χ0v) is 8.87. The van der Waals surface area contributed by atoms with Gasteiger partial charge in [-0.2, -0.15) is 0 Å². The quantitative estimate of drug-likeness (QED) is 0.715. The number of rotatable bonds is 3. The van der Waals surface area contributed by atoms with Crippen LogP contribution in [0.5, 0.6) is 5.75 Å². The molecule has 1 aromatic heterocycles. The molecule has 1 aliphatic heterocycles. The Morgan fingerprint density at radius 3 is 3.00 bits per heavy atom. The van der Waals surface area contributed by atoms with E-state index in [1.807, 2.05) is 6.07 Å². The Bertz CT molecular complexity index is 301. The monoisotopic (exact) mass is 212 g/mol. The molecule has 3 nitrogen and oxygen atoms in total. The highest BCUT2D eigenvalue weighted by atomic mass is 35.5. The van der Waals surface area contributed by atoms with Crippen molar-refractivity contribution < 1.29 is 4.74 Å². The highest BCUT2D eigenvalue weighted by Crippen LogP contribution is 2.17. The topological polar surface area (TPSA) is 25.4 Å². The molecule has 0 N–H and O–H groups in total. The molecule has 0 radical (unpaired) electrons. The van der Waals surface area contributed by atoms with Gasteiger partial charge >= 0.3 is 0 Å². The molecule has 1 atom stereocenters. The summed E-state index contributed by atoms with van der Waals surface area (Å²) in [6.07, 6.45) is 2.87. The summed E-state index contributed by atoms with van der Waals surface area (Å²) in [4.78, 5) is 6.23. The van der Waals surface area contributed by atoms with E-state index in [0.29, 0.717) is 11.2 Å². The summed E-state index contributed by atoms with van der Waals surface area (Å²) in [5, 5.41) is 0.498. The highest BCUT2D eigenvalue weighted by Gasteiger charge is 2.24. The lowest BCUT2D eigenvalue weighted by Crippen LogP contribution is -2.48. The molecule has 1 fully saturated rings. The predicted octanol–water partition coefficient (Wildman–Crippen LogP) is 1.82. The SMILES string of the molecule is CN1CC[C@H]1COc1ccc(Cl)nc1. The van der Waals surface area contributed by atoms with Crippen molar-refractivity contribution in [1.82, 2.24) is 9.88 Å². The average molecular weight is 213 g/mol. The van der Waals surface area contributed by atoms with Gasteiger partial charge in [0.2, 0.25) is 0 Å². The van der Waals surface area contributed by atoms with Crippen LogP contribution in [-0.2, 0) is 0 Å². The number of pyridine rings is 1. The number of likely N-dealkylation sites (N-methyl/N-ethyl adjacent to an activating group) is 1. The van der Waals surface area contributed by atoms with Gasteiger partial charge in [0, 0.05) is 6.04 Å². The number of aromatic nitrogens is 1. The highest BCUT2D eigenvalue weighted by molar-refractivity contribution is 6.29. The van der Waals surface area contributed by atoms with E-state index >= 15 is 0 Å². The van der Waals surface area contributed by atoms with Crippen molar-refractivity contribution >= 4 is 11.6 Å². The van der Waals surface area contributed by atoms with Gasteiger partial charge in [-0.25, -0.2) is 4.98 Å². The number of likely N-dealkylation sites (tertiary alicyclic amines) is 1. The fourth-order valence-electron chi connectivity index (χ4n) is 1.42. The van der Waals surface area contributed by atoms with Gasteiger partial charge in [-0.05, 0) is 32.1 Å². The summed E-state index contributed by atoms with van der Waals surface area (Å²) in [5.74, 6) is 0.787. The Labute approximate surface area is 88.6 Å². The van der Waals surface area contributed by atoms with Crippen LogP contribution < -0.4 is 4.74 Å². The molecule has 1 aromatic rings. The van der Waals surface area contributed by atoms with Crippen LogP contribution in [0.3, 0.4) is 0 Å². The van der Waals surface area contributed by atoms with Gasteiger partial charge in [0.25, 0.3) is 0 Å². The number of halogens is 1. The molecular weight excluding hydrogens is 200 g/mol. The van der Waals surface area contributed by atoms with Crippen LogP contribution in [0.25, 0.3) is 0 Å². The third-order valence-corrected chi connectivity index (χ3v) is 2.80. The molecule has 0 amide bonds. The first-order chi connectivity index (χ1) is 6.75. The van der Waals surface area contributed by atoms with Gasteiger partial charge in [0.05, 0.1) is 6.20 Å². The second-order valence-electron chi connectivity index (χ2n) is 3.55. The molecule has 1 aliphatic rings. The molecule has 0 spiro atoms. The van der Waals surface area contributed by atoms with Crippen molar-refractivity contribution in [3.63, 3.8) is 0 Å². The maximum atomic E-state index is 5.66. The lowest BCUT2D eigenvalue weighted by Gasteiger charge is -2.37. The Morgan fingerprint density at radius 1 is 1.64 bits per heavy atom. The van der Waals surface area contributed by atoms with E-state index in [-0.39, 0.29) is 0 Å². The van der Waals surface area contributed by atoms with Crippen molar-refractivity contribution in [2.24, 2.45) is 0 Å². The fourth-order valence-corrected chi connectivity index (χ4v) is 1.53. The molecule has 4 heteroatoms. The second kappa shape index (κ2) is 4.15. The maximum Gasteiger partial charge on any atom is 0.137 e. The molecular formula is C10H13ClN2O. The molecule has 0 aromatic carbocycles. The smallest absolute Gasteiger partial charge is 0.137 e. The summed E-state index contributed by atoms with van der Waals surface area (Å²) < 4.78 is 5.57. The summed E-state index contributed by atoms with van der Waals surface area (Å²) in [6.45, 7) is 1.91. The zero-order valence-electron chi connectivity index (χ0n) is 8.11. The van der Waals surface area contributed by atoms with Crippen LogP contribution in [0, 0.1) is 0 Å². The van der Waals surface area contributed by atoms with Crippen LogP contribution in [0.2, 0.25) is 5.15 Å². The van der Waals surface area contributed by atoms with Crippen LogP contribution in [-0.4, -0.2) is 36.1 Å². The first-order valence-electron chi connectivity index (χ1n) is 4.70. The second-order valence-corrected chi connectivity index (χ2v) is 3.94. The maximum absolute atomic E-state index is 5.66. The average Bonchev–Trinajstić information content (AvgIpc) is 2.19. The minimum Gasteiger partial charge on any atom is -0.490 e. The Hall–Kier alpha value is -0.800. The van der Waals surface area contributed by atoms with E-state index in [4.69, 9.17) is 16.3 Å². The van der Waals surface area contributed by atoms with Gasteiger partial charge < -0.3 is 4.74 Å². The normalized spacial score (nSPS) is 21.7. The number of hydrogen-bond acceptors (Lipinski definition) is 3. The van der Waals surface area contributed by atoms with Crippen LogP contribution in [0.1, 0.15) is 6.42 Å². The first-order valence-corrected chi connectivity index (χ1v) is 5.08. The van der Waals surface area contributed by atoms with E-state index in [0.717, 1.165) is 12.4 Å². The van der Waals surface area contributed by atoms with Gasteiger partial charge in [-0.1, -0.05) is 11.6 Å². The lowest BCUT2D eigenvalue weighted by molar-refractivity contribution is 0.0767. The van der Waals surface area contributed by atoms with Crippen LogP contribution in [0.15, 0.2) is 18.3 Å². The van der Waals surface area contributed by atoms with Gasteiger partial charge in [-0.15, -0.1) is 0 Å². The zero-order chi connectivity index (χ0) is 9.97. The molecule has 0 saturated carbocycles. The van der Waals surface area contributed by atoms with Crippen LogP contribution in [0.4, 0.5) is 0 Å². The Morgan fingerprint density at radius 2 is 2.50 bits per heavy atom. The van der Waals surface area contributed by atoms with E-state index in [1.54, 1.807) is 12.3 Å². The number of ether oxygens (including phenoxy) is 1. The summed E-state index contributed by atoms with van der Waals surface area (Å²) >= 11 is 5.66. The molecule has 0 unspecified atom stereocenters. The molecule has 2 rings (SSSR count). The van der Waals surface area contributed by atoms with Crippen molar-refractivity contribution in [3.05, 3.63) is 23.5 Å². The fraction of sp³-hybridized carbons (Fsp3) is 0.500. The third-order valence-electron chi connectivity index (χ3n) is 2.58. The molecule has 14 heavy (non-hydrogen) atoms. The van der Waals surface area contributed by atoms with E-state index in [9.17, 15) is 0 Å². The molecule has 0 aliphatic carbocycles. The standard InChI is InChI=1S/C10H13ClN2O/c1-13-5-4-8(13)7-14-9-2-3-10(11)12-6-9/h2-3,6,8H,4-5,7H2,1H3/t8-/m0/s1. The van der Waals surface area contributed by atoms with Gasteiger partial charge in [0.15, 0.2) is 0 Å². The third kappa shape index (κ3) is 2.16. The van der Waals surface area contributed by atoms with Gasteiger partial charge in [-0.3, -0.25) is 4.90 Å². The Balaban J connectivity index is 1.83. The summed E-state index contributed by atoms with van der Waals surface area (Å²) in [6, 6.07) is 4.14. The van der Waals surface area contributed by atoms with Gasteiger partial charge in [0.1, 0.15) is 17.5 Å². The minimum absolute atomic E-state index is 0.498. The van der Waals surface area contributed by atoms with Crippen molar-refractivity contribution in [1.29, 1.82) is 0 Å². The first kappa shape index (κ1) is 9.74.